The number of amides is 1. The van der Waals surface area contributed by atoms with Crippen LogP contribution in [0.25, 0.3) is 0 Å². The topological polar surface area (TPSA) is 53.6 Å². The van der Waals surface area contributed by atoms with Crippen LogP contribution in [0.3, 0.4) is 0 Å². The first kappa shape index (κ1) is 15.6. The number of halogens is 1. The molecule has 1 saturated heterocycles. The van der Waals surface area contributed by atoms with E-state index in [-0.39, 0.29) is 23.8 Å². The van der Waals surface area contributed by atoms with Crippen molar-refractivity contribution in [3.05, 3.63) is 17.9 Å². The number of anilines is 2. The Kier molecular flexibility index (Phi) is 4.67. The highest BCUT2D eigenvalue weighted by molar-refractivity contribution is 5.91. The fourth-order valence-corrected chi connectivity index (χ4v) is 2.77. The summed E-state index contributed by atoms with van der Waals surface area (Å²) in [5.74, 6) is -0.238. The minimum absolute atomic E-state index is 0.215. The summed E-state index contributed by atoms with van der Waals surface area (Å²) in [7, 11) is 1.45. The molecule has 5 nitrogen and oxygen atoms in total. The number of piperazine rings is 1. The van der Waals surface area contributed by atoms with E-state index in [1.54, 1.807) is 6.07 Å². The summed E-state index contributed by atoms with van der Waals surface area (Å²) >= 11 is 0. The van der Waals surface area contributed by atoms with Crippen LogP contribution in [0.2, 0.25) is 0 Å². The second-order valence-electron chi connectivity index (χ2n) is 5.56. The fourth-order valence-electron chi connectivity index (χ4n) is 2.77. The van der Waals surface area contributed by atoms with E-state index in [9.17, 15) is 9.18 Å². The number of nitrogens with one attached hydrogen (secondary N) is 2. The molecule has 0 saturated carbocycles. The van der Waals surface area contributed by atoms with Gasteiger partial charge in [0.15, 0.2) is 0 Å². The minimum Gasteiger partial charge on any atom is -0.494 e. The molecule has 0 bridgehead atoms. The minimum atomic E-state index is -0.345. The molecule has 1 aromatic carbocycles. The third-order valence-electron chi connectivity index (χ3n) is 3.48. The van der Waals surface area contributed by atoms with E-state index in [1.165, 1.54) is 20.1 Å². The number of methoxy groups -OCH3 is 1. The number of carbonyl (C=O) groups excluding carboxylic acids is 1. The van der Waals surface area contributed by atoms with Gasteiger partial charge >= 0.3 is 0 Å². The molecule has 21 heavy (non-hydrogen) atoms. The predicted octanol–water partition coefficient (Wildman–Crippen LogP) is 1.98. The van der Waals surface area contributed by atoms with E-state index in [0.29, 0.717) is 30.2 Å². The van der Waals surface area contributed by atoms with Crippen LogP contribution < -0.4 is 20.3 Å². The van der Waals surface area contributed by atoms with Crippen molar-refractivity contribution in [2.24, 2.45) is 0 Å². The van der Waals surface area contributed by atoms with Gasteiger partial charge in [0.05, 0.1) is 18.5 Å². The maximum absolute atomic E-state index is 14.3. The first-order valence-corrected chi connectivity index (χ1v) is 7.06. The van der Waals surface area contributed by atoms with Gasteiger partial charge < -0.3 is 20.3 Å². The number of nitrogens with zero attached hydrogens (tertiary/aromatic N) is 1. The first-order chi connectivity index (χ1) is 9.90. The van der Waals surface area contributed by atoms with E-state index in [4.69, 9.17) is 4.74 Å². The molecule has 1 aromatic rings. The number of ether oxygens (including phenoxy) is 1. The van der Waals surface area contributed by atoms with Crippen LogP contribution in [-0.2, 0) is 4.79 Å². The van der Waals surface area contributed by atoms with Crippen molar-refractivity contribution in [1.29, 1.82) is 0 Å². The van der Waals surface area contributed by atoms with Crippen LogP contribution in [0.15, 0.2) is 12.1 Å². The molecule has 1 amide bonds. The number of hydrogen-bond acceptors (Lipinski definition) is 4. The lowest BCUT2D eigenvalue weighted by atomic mass is 10.1. The molecule has 1 aliphatic rings. The molecule has 1 fully saturated rings. The summed E-state index contributed by atoms with van der Waals surface area (Å²) in [4.78, 5) is 13.3. The Morgan fingerprint density at radius 1 is 1.38 bits per heavy atom. The average molecular weight is 295 g/mol. The van der Waals surface area contributed by atoms with Crippen LogP contribution in [0.1, 0.15) is 20.8 Å². The molecular weight excluding hydrogens is 273 g/mol. The summed E-state index contributed by atoms with van der Waals surface area (Å²) in [6.07, 6.45) is 0. The molecule has 0 spiro atoms. The Morgan fingerprint density at radius 2 is 2.00 bits per heavy atom. The lowest BCUT2D eigenvalue weighted by Gasteiger charge is -2.38. The maximum Gasteiger partial charge on any atom is 0.221 e. The second kappa shape index (κ2) is 6.30. The first-order valence-electron chi connectivity index (χ1n) is 7.06. The fraction of sp³-hybridized carbons (Fsp3) is 0.533. The van der Waals surface area contributed by atoms with Crippen LogP contribution in [-0.4, -0.2) is 38.2 Å². The van der Waals surface area contributed by atoms with Crippen LogP contribution in [0.4, 0.5) is 15.8 Å². The quantitative estimate of drug-likeness (QED) is 0.895. The van der Waals surface area contributed by atoms with Crippen LogP contribution >= 0.6 is 0 Å². The summed E-state index contributed by atoms with van der Waals surface area (Å²) in [6, 6.07) is 3.51. The monoisotopic (exact) mass is 295 g/mol. The molecular formula is C15H22FN3O2. The van der Waals surface area contributed by atoms with Gasteiger partial charge in [-0.15, -0.1) is 0 Å². The highest BCUT2D eigenvalue weighted by Gasteiger charge is 2.24. The Hall–Kier alpha value is -1.82. The maximum atomic E-state index is 14.3. The van der Waals surface area contributed by atoms with Crippen molar-refractivity contribution in [3.63, 3.8) is 0 Å². The van der Waals surface area contributed by atoms with E-state index in [2.05, 4.69) is 24.5 Å². The highest BCUT2D eigenvalue weighted by Crippen LogP contribution is 2.33. The molecule has 2 unspecified atom stereocenters. The van der Waals surface area contributed by atoms with E-state index in [0.717, 1.165) is 0 Å². The van der Waals surface area contributed by atoms with Gasteiger partial charge in [0.2, 0.25) is 5.91 Å². The molecule has 1 heterocycles. The second-order valence-corrected chi connectivity index (χ2v) is 5.56. The van der Waals surface area contributed by atoms with Crippen molar-refractivity contribution in [2.45, 2.75) is 32.9 Å². The van der Waals surface area contributed by atoms with Crippen molar-refractivity contribution < 1.29 is 13.9 Å². The van der Waals surface area contributed by atoms with Gasteiger partial charge in [0.25, 0.3) is 0 Å². The highest BCUT2D eigenvalue weighted by atomic mass is 19.1. The lowest BCUT2D eigenvalue weighted by Crippen LogP contribution is -2.54. The normalized spacial score (nSPS) is 22.0. The van der Waals surface area contributed by atoms with Gasteiger partial charge in [0.1, 0.15) is 11.6 Å². The lowest BCUT2D eigenvalue weighted by molar-refractivity contribution is -0.114. The summed E-state index contributed by atoms with van der Waals surface area (Å²) in [6.45, 7) is 6.98. The zero-order chi connectivity index (χ0) is 15.6. The molecule has 116 valence electrons. The molecule has 1 aliphatic heterocycles. The van der Waals surface area contributed by atoms with Crippen LogP contribution in [0.5, 0.6) is 5.75 Å². The van der Waals surface area contributed by atoms with Gasteiger partial charge in [-0.25, -0.2) is 4.39 Å². The Labute approximate surface area is 124 Å². The van der Waals surface area contributed by atoms with Gasteiger partial charge in [0, 0.05) is 38.2 Å². The summed E-state index contributed by atoms with van der Waals surface area (Å²) in [5.41, 5.74) is 0.972. The Balaban J connectivity index is 2.36. The molecule has 2 N–H and O–H groups in total. The van der Waals surface area contributed by atoms with Gasteiger partial charge in [-0.2, -0.15) is 0 Å². The van der Waals surface area contributed by atoms with E-state index >= 15 is 0 Å². The zero-order valence-corrected chi connectivity index (χ0v) is 12.9. The van der Waals surface area contributed by atoms with Crippen molar-refractivity contribution >= 4 is 17.3 Å². The van der Waals surface area contributed by atoms with Crippen molar-refractivity contribution in [1.82, 2.24) is 5.32 Å². The molecule has 0 aliphatic carbocycles. The number of hydrogen-bond donors (Lipinski definition) is 2. The molecule has 0 aromatic heterocycles. The van der Waals surface area contributed by atoms with Crippen LogP contribution in [0, 0.1) is 5.82 Å². The van der Waals surface area contributed by atoms with E-state index in [1.807, 2.05) is 4.90 Å². The number of benzene rings is 1. The predicted molar refractivity (Wildman–Crippen MR) is 81.5 cm³/mol. The van der Waals surface area contributed by atoms with Crippen molar-refractivity contribution in [2.75, 3.05) is 30.4 Å². The molecule has 0 radical (unpaired) electrons. The molecule has 2 atom stereocenters. The largest absolute Gasteiger partial charge is 0.494 e. The smallest absolute Gasteiger partial charge is 0.221 e. The zero-order valence-electron chi connectivity index (χ0n) is 12.9. The standard InChI is InChI=1S/C15H22FN3O2/c1-9-7-19(8-10(2)17-9)14-6-13(18-11(3)20)15(21-4)5-12(14)16/h5-6,9-10,17H,7-8H2,1-4H3,(H,18,20). The third kappa shape index (κ3) is 3.64. The number of carbonyl (C=O) groups is 1. The Morgan fingerprint density at radius 3 is 2.52 bits per heavy atom. The van der Waals surface area contributed by atoms with E-state index < -0.39 is 0 Å². The summed E-state index contributed by atoms with van der Waals surface area (Å²) < 4.78 is 19.5. The third-order valence-corrected chi connectivity index (χ3v) is 3.48. The number of rotatable bonds is 3. The van der Waals surface area contributed by atoms with Crippen molar-refractivity contribution in [3.8, 4) is 5.75 Å². The molecule has 2 rings (SSSR count). The van der Waals surface area contributed by atoms with Gasteiger partial charge in [-0.1, -0.05) is 0 Å². The van der Waals surface area contributed by atoms with Gasteiger partial charge in [-0.05, 0) is 19.9 Å². The summed E-state index contributed by atoms with van der Waals surface area (Å²) in [5, 5.41) is 6.09. The SMILES string of the molecule is COc1cc(F)c(N2CC(C)NC(C)C2)cc1NC(C)=O. The average Bonchev–Trinajstić information content (AvgIpc) is 2.38. The Bertz CT molecular complexity index is 526. The molecule has 6 heteroatoms. The van der Waals surface area contributed by atoms with Gasteiger partial charge in [-0.3, -0.25) is 4.79 Å².